The Morgan fingerprint density at radius 3 is 2.76 bits per heavy atom. The minimum absolute atomic E-state index is 0.0187. The van der Waals surface area contributed by atoms with E-state index in [2.05, 4.69) is 38.3 Å². The maximum atomic E-state index is 15.0. The first-order valence-electron chi connectivity index (χ1n) is 19.4. The van der Waals surface area contributed by atoms with Crippen LogP contribution in [0.1, 0.15) is 90.4 Å². The minimum atomic E-state index is -3.62. The summed E-state index contributed by atoms with van der Waals surface area (Å²) >= 11 is 6.48. The fourth-order valence-electron chi connectivity index (χ4n) is 9.21. The highest BCUT2D eigenvalue weighted by Gasteiger charge is 2.44. The summed E-state index contributed by atoms with van der Waals surface area (Å²) in [6.07, 6.45) is 11.7. The van der Waals surface area contributed by atoms with E-state index in [-0.39, 0.29) is 23.5 Å². The zero-order valence-corrected chi connectivity index (χ0v) is 33.2. The number of nitrogens with zero attached hydrogens (tertiary/aromatic N) is 3. The number of aromatic nitrogens is 1. The number of allylic oxidation sites excluding steroid dienone is 1. The summed E-state index contributed by atoms with van der Waals surface area (Å²) in [5, 5.41) is 0.0893. The second-order valence-corrected chi connectivity index (χ2v) is 18.9. The van der Waals surface area contributed by atoms with Crippen LogP contribution in [0.25, 0.3) is 0 Å². The van der Waals surface area contributed by atoms with Crippen LogP contribution in [-0.4, -0.2) is 64.9 Å². The molecule has 1 spiro atoms. The molecule has 8 unspecified atom stereocenters. The molecule has 4 heterocycles. The zero-order valence-electron chi connectivity index (χ0n) is 31.6. The summed E-state index contributed by atoms with van der Waals surface area (Å²) < 4.78 is 42.7. The summed E-state index contributed by atoms with van der Waals surface area (Å²) in [5.74, 6) is 0.0691. The van der Waals surface area contributed by atoms with Gasteiger partial charge >= 0.3 is 0 Å². The van der Waals surface area contributed by atoms with Crippen LogP contribution < -0.4 is 14.4 Å². The number of ether oxygens (including phenoxy) is 3. The number of carbonyl (C=O) groups excluding carboxylic acids is 2. The fraction of sp³-hybridized carbons (Fsp3) is 0.524. The van der Waals surface area contributed by atoms with Gasteiger partial charge in [0.1, 0.15) is 15.7 Å². The van der Waals surface area contributed by atoms with Crippen molar-refractivity contribution in [1.29, 1.82) is 0 Å². The van der Waals surface area contributed by atoms with Crippen molar-refractivity contribution in [3.63, 3.8) is 0 Å². The summed E-state index contributed by atoms with van der Waals surface area (Å²) in [6.45, 7) is 8.77. The lowest BCUT2D eigenvalue weighted by atomic mass is 9.68. The van der Waals surface area contributed by atoms with Crippen molar-refractivity contribution < 1.29 is 28.0 Å². The molecule has 288 valence electrons. The van der Waals surface area contributed by atoms with Gasteiger partial charge in [-0.1, -0.05) is 36.7 Å². The van der Waals surface area contributed by atoms with E-state index >= 15 is 4.21 Å². The molecule has 2 aromatic carbocycles. The molecule has 2 bridgehead atoms. The van der Waals surface area contributed by atoms with Gasteiger partial charge in [-0.05, 0) is 118 Å². The Bertz CT molecular complexity index is 2110. The summed E-state index contributed by atoms with van der Waals surface area (Å²) in [4.78, 5) is 30.5. The normalized spacial score (nSPS) is 32.8. The number of halogens is 1. The standard InChI is InChI=1S/C42H51ClN4O6S/c1-26-7-5-9-38(51-4)35-13-10-31(35)21-47-24-42(16-6-8-29-17-33(43)12-14-36(29)42)25-53-39-15-11-30(19-37(39)47)40(48)44-54(50,28(26)3)45-41(49)32-18-34-23-52-27(2)20-46(34)22-32/h5,9,11-12,14-15,17-19,22,26-28,31,35,38H,6-8,10,13,16,20-21,23-25H2,1-4H3,(H,44,45,48,49,50)/b9-5+. The van der Waals surface area contributed by atoms with Gasteiger partial charge in [0.05, 0.1) is 41.9 Å². The molecule has 2 aliphatic carbocycles. The van der Waals surface area contributed by atoms with Crippen LogP contribution in [0.2, 0.25) is 5.02 Å². The molecule has 54 heavy (non-hydrogen) atoms. The molecule has 1 fully saturated rings. The molecule has 0 radical (unpaired) electrons. The van der Waals surface area contributed by atoms with Gasteiger partial charge in [-0.15, -0.1) is 4.36 Å². The third kappa shape index (κ3) is 7.01. The SMILES string of the molecule is COC1/C=C/CC(C)C(C)S(=O)(NC(=O)c2cc3n(c2)CC(C)OC3)=NC(=O)c2ccc3c(c2)N(CC2CCC21)CC1(CCCc2cc(Cl)ccc21)CO3. The first-order valence-corrected chi connectivity index (χ1v) is 21.3. The molecule has 3 aliphatic heterocycles. The Morgan fingerprint density at radius 1 is 1.11 bits per heavy atom. The monoisotopic (exact) mass is 774 g/mol. The van der Waals surface area contributed by atoms with E-state index in [1.54, 1.807) is 32.4 Å². The Morgan fingerprint density at radius 2 is 1.96 bits per heavy atom. The van der Waals surface area contributed by atoms with Gasteiger partial charge in [0.25, 0.3) is 11.8 Å². The number of anilines is 1. The third-order valence-electron chi connectivity index (χ3n) is 12.7. The van der Waals surface area contributed by atoms with Crippen molar-refractivity contribution in [2.45, 2.75) is 95.3 Å². The highest BCUT2D eigenvalue weighted by atomic mass is 35.5. The topological polar surface area (TPSA) is 111 Å². The number of hydrogen-bond acceptors (Lipinski definition) is 7. The first-order chi connectivity index (χ1) is 25.9. The number of carbonyl (C=O) groups is 2. The minimum Gasteiger partial charge on any atom is -0.490 e. The number of nitrogens with one attached hydrogen (secondary N) is 1. The van der Waals surface area contributed by atoms with Crippen LogP contribution in [0.5, 0.6) is 5.75 Å². The maximum Gasteiger partial charge on any atom is 0.286 e. The Balaban J connectivity index is 1.20. The van der Waals surface area contributed by atoms with Crippen molar-refractivity contribution in [2.75, 3.05) is 31.7 Å². The fourth-order valence-corrected chi connectivity index (χ4v) is 11.3. The van der Waals surface area contributed by atoms with E-state index in [0.29, 0.717) is 61.4 Å². The van der Waals surface area contributed by atoms with Crippen LogP contribution in [-0.2, 0) is 44.4 Å². The van der Waals surface area contributed by atoms with Gasteiger partial charge in [0.15, 0.2) is 0 Å². The Hall–Kier alpha value is -3.64. The molecule has 2 amide bonds. The molecular formula is C42H51ClN4O6S. The summed E-state index contributed by atoms with van der Waals surface area (Å²) in [7, 11) is -1.84. The van der Waals surface area contributed by atoms with Crippen LogP contribution in [0.4, 0.5) is 5.69 Å². The lowest BCUT2D eigenvalue weighted by molar-refractivity contribution is 0.0131. The van der Waals surface area contributed by atoms with E-state index in [4.69, 9.17) is 25.8 Å². The van der Waals surface area contributed by atoms with Crippen molar-refractivity contribution in [3.8, 4) is 5.75 Å². The molecule has 1 N–H and O–H groups in total. The average Bonchev–Trinajstić information content (AvgIpc) is 3.50. The molecule has 8 atom stereocenters. The van der Waals surface area contributed by atoms with Crippen LogP contribution in [0.15, 0.2) is 65.2 Å². The Kier molecular flexibility index (Phi) is 10.2. The van der Waals surface area contributed by atoms with Crippen LogP contribution in [0.3, 0.4) is 0 Å². The molecule has 0 saturated heterocycles. The Labute approximate surface area is 323 Å². The zero-order chi connectivity index (χ0) is 37.8. The summed E-state index contributed by atoms with van der Waals surface area (Å²) in [5.41, 5.74) is 4.62. The predicted molar refractivity (Wildman–Crippen MR) is 211 cm³/mol. The van der Waals surface area contributed by atoms with Crippen molar-refractivity contribution in [1.82, 2.24) is 9.29 Å². The highest BCUT2D eigenvalue weighted by molar-refractivity contribution is 7.93. The third-order valence-corrected chi connectivity index (χ3v) is 15.3. The molecule has 3 aromatic rings. The molecule has 5 aliphatic rings. The lowest BCUT2D eigenvalue weighted by Crippen LogP contribution is -2.49. The number of methoxy groups -OCH3 is 1. The van der Waals surface area contributed by atoms with Crippen molar-refractivity contribution >= 4 is 39.0 Å². The molecule has 8 rings (SSSR count). The maximum absolute atomic E-state index is 15.0. The molecular weight excluding hydrogens is 724 g/mol. The van der Waals surface area contributed by atoms with Crippen LogP contribution >= 0.6 is 11.6 Å². The lowest BCUT2D eigenvalue weighted by Gasteiger charge is -2.46. The number of rotatable bonds is 3. The number of hydrogen-bond donors (Lipinski definition) is 1. The van der Waals surface area contributed by atoms with E-state index < -0.39 is 27.0 Å². The second-order valence-electron chi connectivity index (χ2n) is 16.2. The molecule has 12 heteroatoms. The van der Waals surface area contributed by atoms with Gasteiger partial charge in [0, 0.05) is 54.6 Å². The van der Waals surface area contributed by atoms with E-state index in [9.17, 15) is 9.59 Å². The quantitative estimate of drug-likeness (QED) is 0.274. The van der Waals surface area contributed by atoms with Crippen molar-refractivity contribution in [3.05, 3.63) is 93.8 Å². The van der Waals surface area contributed by atoms with E-state index in [0.717, 1.165) is 55.1 Å². The second kappa shape index (κ2) is 14.8. The van der Waals surface area contributed by atoms with Gasteiger partial charge in [-0.25, -0.2) is 4.21 Å². The molecule has 1 aromatic heterocycles. The number of aryl methyl sites for hydroxylation is 1. The molecule has 1 saturated carbocycles. The van der Waals surface area contributed by atoms with Gasteiger partial charge < -0.3 is 23.7 Å². The average molecular weight is 775 g/mol. The van der Waals surface area contributed by atoms with Gasteiger partial charge in [-0.2, -0.15) is 0 Å². The molecule has 10 nitrogen and oxygen atoms in total. The van der Waals surface area contributed by atoms with Crippen molar-refractivity contribution in [2.24, 2.45) is 22.1 Å². The largest absolute Gasteiger partial charge is 0.490 e. The predicted octanol–water partition coefficient (Wildman–Crippen LogP) is 7.51. The van der Waals surface area contributed by atoms with Crippen LogP contribution in [0, 0.1) is 17.8 Å². The van der Waals surface area contributed by atoms with E-state index in [1.165, 1.54) is 11.1 Å². The number of benzene rings is 2. The number of fused-ring (bicyclic) bond motifs is 5. The smallest absolute Gasteiger partial charge is 0.286 e. The first kappa shape index (κ1) is 37.3. The summed E-state index contributed by atoms with van der Waals surface area (Å²) in [6, 6.07) is 13.4. The highest BCUT2D eigenvalue weighted by Crippen LogP contribution is 2.47. The van der Waals surface area contributed by atoms with Gasteiger partial charge in [0.2, 0.25) is 0 Å². The van der Waals surface area contributed by atoms with E-state index in [1.807, 2.05) is 36.6 Å². The van der Waals surface area contributed by atoms with Gasteiger partial charge in [-0.3, -0.25) is 14.3 Å². The number of amides is 2.